The molecule has 0 amide bonds. The van der Waals surface area contributed by atoms with E-state index < -0.39 is 0 Å². The van der Waals surface area contributed by atoms with E-state index in [0.29, 0.717) is 5.54 Å². The van der Waals surface area contributed by atoms with E-state index >= 15 is 0 Å². The lowest BCUT2D eigenvalue weighted by Gasteiger charge is -2.48. The molecule has 2 rings (SSSR count). The van der Waals surface area contributed by atoms with Crippen molar-refractivity contribution in [1.29, 1.82) is 0 Å². The largest absolute Gasteiger partial charge is 0.381 e. The fraction of sp³-hybridized carbons (Fsp3) is 1.00. The fourth-order valence-corrected chi connectivity index (χ4v) is 3.85. The SMILES string of the molecule is CCN(CC1CCOCC1)C1(CN)CCC(C)CC1. The molecule has 1 aliphatic heterocycles. The molecule has 19 heavy (non-hydrogen) atoms. The molecule has 0 aromatic heterocycles. The summed E-state index contributed by atoms with van der Waals surface area (Å²) in [5.74, 6) is 1.71. The second kappa shape index (κ2) is 7.05. The van der Waals surface area contributed by atoms with Gasteiger partial charge in [0.05, 0.1) is 0 Å². The van der Waals surface area contributed by atoms with Crippen LogP contribution in [0, 0.1) is 11.8 Å². The van der Waals surface area contributed by atoms with Gasteiger partial charge in [-0.3, -0.25) is 4.90 Å². The maximum absolute atomic E-state index is 6.20. The Labute approximate surface area is 118 Å². The molecule has 0 spiro atoms. The average molecular weight is 268 g/mol. The van der Waals surface area contributed by atoms with Crippen LogP contribution in [0.25, 0.3) is 0 Å². The lowest BCUT2D eigenvalue weighted by atomic mass is 9.75. The van der Waals surface area contributed by atoms with E-state index in [9.17, 15) is 0 Å². The van der Waals surface area contributed by atoms with Gasteiger partial charge in [0, 0.05) is 31.8 Å². The highest BCUT2D eigenvalue weighted by molar-refractivity contribution is 4.95. The number of rotatable bonds is 5. The Hall–Kier alpha value is -0.120. The van der Waals surface area contributed by atoms with Crippen molar-refractivity contribution in [3.8, 4) is 0 Å². The first-order valence-corrected chi connectivity index (χ1v) is 8.23. The Bertz CT molecular complexity index is 255. The summed E-state index contributed by atoms with van der Waals surface area (Å²) >= 11 is 0. The summed E-state index contributed by atoms with van der Waals surface area (Å²) in [5.41, 5.74) is 6.49. The Morgan fingerprint density at radius 2 is 1.79 bits per heavy atom. The summed E-state index contributed by atoms with van der Waals surface area (Å²) < 4.78 is 5.48. The standard InChI is InChI=1S/C16H32N2O/c1-3-18(12-15-6-10-19-11-7-15)16(13-17)8-4-14(2)5-9-16/h14-15H,3-13,17H2,1-2H3. The zero-order chi connectivity index (χ0) is 13.7. The molecule has 1 saturated heterocycles. The van der Waals surface area contributed by atoms with Gasteiger partial charge in [-0.2, -0.15) is 0 Å². The van der Waals surface area contributed by atoms with Gasteiger partial charge in [0.2, 0.25) is 0 Å². The van der Waals surface area contributed by atoms with E-state index in [1.54, 1.807) is 0 Å². The molecule has 1 heterocycles. The van der Waals surface area contributed by atoms with Crippen molar-refractivity contribution in [2.45, 2.75) is 57.9 Å². The molecule has 0 radical (unpaired) electrons. The summed E-state index contributed by atoms with van der Waals surface area (Å²) in [6, 6.07) is 0. The normalized spacial score (nSPS) is 33.8. The Morgan fingerprint density at radius 3 is 2.32 bits per heavy atom. The minimum Gasteiger partial charge on any atom is -0.381 e. The summed E-state index contributed by atoms with van der Waals surface area (Å²) in [4.78, 5) is 2.70. The van der Waals surface area contributed by atoms with Gasteiger partial charge in [-0.15, -0.1) is 0 Å². The smallest absolute Gasteiger partial charge is 0.0469 e. The number of hydrogen-bond acceptors (Lipinski definition) is 3. The van der Waals surface area contributed by atoms with Crippen LogP contribution < -0.4 is 5.73 Å². The van der Waals surface area contributed by atoms with Gasteiger partial charge in [0.25, 0.3) is 0 Å². The molecule has 0 aromatic carbocycles. The second-order valence-corrected chi connectivity index (χ2v) is 6.71. The first-order valence-electron chi connectivity index (χ1n) is 8.23. The molecule has 112 valence electrons. The molecule has 0 bridgehead atoms. The summed E-state index contributed by atoms with van der Waals surface area (Å²) in [6.45, 7) is 9.79. The summed E-state index contributed by atoms with van der Waals surface area (Å²) in [5, 5.41) is 0. The number of likely N-dealkylation sites (N-methyl/N-ethyl adjacent to an activating group) is 1. The van der Waals surface area contributed by atoms with Gasteiger partial charge < -0.3 is 10.5 Å². The predicted octanol–water partition coefficient (Wildman–Crippen LogP) is 2.64. The van der Waals surface area contributed by atoms with Crippen LogP contribution in [0.5, 0.6) is 0 Å². The van der Waals surface area contributed by atoms with Crippen LogP contribution in [-0.4, -0.2) is 43.3 Å². The van der Waals surface area contributed by atoms with Crippen LogP contribution in [0.1, 0.15) is 52.4 Å². The van der Waals surface area contributed by atoms with Gasteiger partial charge in [-0.25, -0.2) is 0 Å². The van der Waals surface area contributed by atoms with Crippen LogP contribution >= 0.6 is 0 Å². The molecule has 0 atom stereocenters. The van der Waals surface area contributed by atoms with Crippen LogP contribution in [0.3, 0.4) is 0 Å². The number of hydrogen-bond donors (Lipinski definition) is 1. The highest BCUT2D eigenvalue weighted by Crippen LogP contribution is 2.36. The highest BCUT2D eigenvalue weighted by atomic mass is 16.5. The third-order valence-corrected chi connectivity index (χ3v) is 5.46. The zero-order valence-electron chi connectivity index (χ0n) is 12.9. The zero-order valence-corrected chi connectivity index (χ0v) is 12.9. The van der Waals surface area contributed by atoms with Crippen molar-refractivity contribution in [2.75, 3.05) is 32.8 Å². The molecule has 3 heteroatoms. The predicted molar refractivity (Wildman–Crippen MR) is 80.2 cm³/mol. The monoisotopic (exact) mass is 268 g/mol. The van der Waals surface area contributed by atoms with Gasteiger partial charge >= 0.3 is 0 Å². The lowest BCUT2D eigenvalue weighted by Crippen LogP contribution is -2.57. The van der Waals surface area contributed by atoms with E-state index in [0.717, 1.165) is 38.1 Å². The van der Waals surface area contributed by atoms with E-state index in [1.807, 2.05) is 0 Å². The minimum absolute atomic E-state index is 0.291. The third-order valence-electron chi connectivity index (χ3n) is 5.46. The van der Waals surface area contributed by atoms with Crippen molar-refractivity contribution >= 4 is 0 Å². The highest BCUT2D eigenvalue weighted by Gasteiger charge is 2.38. The van der Waals surface area contributed by atoms with Gasteiger partial charge in [0.1, 0.15) is 0 Å². The van der Waals surface area contributed by atoms with Crippen LogP contribution in [-0.2, 0) is 4.74 Å². The van der Waals surface area contributed by atoms with Crippen molar-refractivity contribution in [1.82, 2.24) is 4.90 Å². The quantitative estimate of drug-likeness (QED) is 0.833. The number of ether oxygens (including phenoxy) is 1. The molecule has 0 unspecified atom stereocenters. The van der Waals surface area contributed by atoms with E-state index in [2.05, 4.69) is 18.7 Å². The first kappa shape index (κ1) is 15.3. The van der Waals surface area contributed by atoms with Gasteiger partial charge in [0.15, 0.2) is 0 Å². The molecule has 2 fully saturated rings. The molecular weight excluding hydrogens is 236 g/mol. The van der Waals surface area contributed by atoms with Crippen molar-refractivity contribution in [3.63, 3.8) is 0 Å². The van der Waals surface area contributed by atoms with E-state index in [1.165, 1.54) is 45.1 Å². The molecule has 3 nitrogen and oxygen atoms in total. The molecule has 2 aliphatic rings. The molecule has 1 aliphatic carbocycles. The maximum Gasteiger partial charge on any atom is 0.0469 e. The number of nitrogens with zero attached hydrogens (tertiary/aromatic N) is 1. The van der Waals surface area contributed by atoms with Gasteiger partial charge in [-0.1, -0.05) is 13.8 Å². The van der Waals surface area contributed by atoms with Crippen molar-refractivity contribution in [3.05, 3.63) is 0 Å². The van der Waals surface area contributed by atoms with Crippen molar-refractivity contribution < 1.29 is 4.74 Å². The first-order chi connectivity index (χ1) is 9.20. The van der Waals surface area contributed by atoms with Crippen molar-refractivity contribution in [2.24, 2.45) is 17.6 Å². The minimum atomic E-state index is 0.291. The van der Waals surface area contributed by atoms with E-state index in [4.69, 9.17) is 10.5 Å². The third kappa shape index (κ3) is 3.71. The maximum atomic E-state index is 6.20. The topological polar surface area (TPSA) is 38.5 Å². The van der Waals surface area contributed by atoms with Crippen LogP contribution in [0.15, 0.2) is 0 Å². The fourth-order valence-electron chi connectivity index (χ4n) is 3.85. The Balaban J connectivity index is 1.97. The van der Waals surface area contributed by atoms with E-state index in [-0.39, 0.29) is 0 Å². The summed E-state index contributed by atoms with van der Waals surface area (Å²) in [7, 11) is 0. The molecular formula is C16H32N2O. The van der Waals surface area contributed by atoms with Crippen LogP contribution in [0.2, 0.25) is 0 Å². The summed E-state index contributed by atoms with van der Waals surface area (Å²) in [6.07, 6.45) is 7.74. The number of nitrogens with two attached hydrogens (primary N) is 1. The van der Waals surface area contributed by atoms with Gasteiger partial charge in [-0.05, 0) is 56.9 Å². The molecule has 1 saturated carbocycles. The Kier molecular flexibility index (Phi) is 5.67. The molecule has 2 N–H and O–H groups in total. The molecule has 0 aromatic rings. The van der Waals surface area contributed by atoms with Crippen LogP contribution in [0.4, 0.5) is 0 Å². The average Bonchev–Trinajstić information content (AvgIpc) is 2.47. The Morgan fingerprint density at radius 1 is 1.16 bits per heavy atom. The second-order valence-electron chi connectivity index (χ2n) is 6.71. The lowest BCUT2D eigenvalue weighted by molar-refractivity contribution is 0.00590.